The number of amides is 1. The SMILES string of the molecule is O=C(C[C@H](O)c1ccccc1)N1Cc2cccc(Br)c2C1. The van der Waals surface area contributed by atoms with E-state index in [2.05, 4.69) is 15.9 Å². The monoisotopic (exact) mass is 345 g/mol. The van der Waals surface area contributed by atoms with Crippen molar-refractivity contribution < 1.29 is 9.90 Å². The van der Waals surface area contributed by atoms with Gasteiger partial charge < -0.3 is 10.0 Å². The van der Waals surface area contributed by atoms with Crippen LogP contribution in [0.25, 0.3) is 0 Å². The Morgan fingerprint density at radius 2 is 1.90 bits per heavy atom. The Labute approximate surface area is 132 Å². The zero-order valence-electron chi connectivity index (χ0n) is 11.5. The second-order valence-electron chi connectivity index (χ2n) is 5.26. The van der Waals surface area contributed by atoms with Crippen LogP contribution in [-0.2, 0) is 17.9 Å². The maximum absolute atomic E-state index is 12.4. The number of fused-ring (bicyclic) bond motifs is 1. The van der Waals surface area contributed by atoms with Crippen LogP contribution in [0.3, 0.4) is 0 Å². The first kappa shape index (κ1) is 14.3. The average molecular weight is 346 g/mol. The van der Waals surface area contributed by atoms with Crippen molar-refractivity contribution in [3.63, 3.8) is 0 Å². The molecule has 0 spiro atoms. The van der Waals surface area contributed by atoms with E-state index in [1.54, 1.807) is 4.90 Å². The summed E-state index contributed by atoms with van der Waals surface area (Å²) in [6, 6.07) is 15.3. The number of hydrogen-bond donors (Lipinski definition) is 1. The fraction of sp³-hybridized carbons (Fsp3) is 0.235. The van der Waals surface area contributed by atoms with Gasteiger partial charge in [-0.05, 0) is 22.8 Å². The maximum Gasteiger partial charge on any atom is 0.226 e. The molecule has 3 nitrogen and oxygen atoms in total. The van der Waals surface area contributed by atoms with Crippen LogP contribution in [0.4, 0.5) is 0 Å². The zero-order valence-corrected chi connectivity index (χ0v) is 13.1. The van der Waals surface area contributed by atoms with Crippen LogP contribution >= 0.6 is 15.9 Å². The molecule has 21 heavy (non-hydrogen) atoms. The number of rotatable bonds is 3. The van der Waals surface area contributed by atoms with Crippen molar-refractivity contribution in [1.29, 1.82) is 0 Å². The first-order chi connectivity index (χ1) is 10.1. The topological polar surface area (TPSA) is 40.5 Å². The lowest BCUT2D eigenvalue weighted by atomic mass is 10.1. The van der Waals surface area contributed by atoms with Gasteiger partial charge in [0, 0.05) is 17.6 Å². The molecule has 0 unspecified atom stereocenters. The molecule has 1 amide bonds. The Balaban J connectivity index is 1.67. The predicted molar refractivity (Wildman–Crippen MR) is 84.4 cm³/mol. The predicted octanol–water partition coefficient (Wildman–Crippen LogP) is 3.42. The standard InChI is InChI=1S/C17H16BrNO2/c18-15-8-4-7-13-10-19(11-14(13)15)17(21)9-16(20)12-5-2-1-3-6-12/h1-8,16,20H,9-11H2/t16-/m0/s1. The molecule has 0 aliphatic carbocycles. The fourth-order valence-electron chi connectivity index (χ4n) is 2.64. The molecule has 0 saturated heterocycles. The summed E-state index contributed by atoms with van der Waals surface area (Å²) < 4.78 is 1.04. The summed E-state index contributed by atoms with van der Waals surface area (Å²) in [4.78, 5) is 14.2. The van der Waals surface area contributed by atoms with E-state index in [0.717, 1.165) is 10.0 Å². The quantitative estimate of drug-likeness (QED) is 0.925. The number of halogens is 1. The summed E-state index contributed by atoms with van der Waals surface area (Å²) in [5.74, 6) is -0.0190. The summed E-state index contributed by atoms with van der Waals surface area (Å²) in [6.45, 7) is 1.23. The van der Waals surface area contributed by atoms with Gasteiger partial charge >= 0.3 is 0 Å². The van der Waals surface area contributed by atoms with Crippen LogP contribution in [0.5, 0.6) is 0 Å². The van der Waals surface area contributed by atoms with Crippen molar-refractivity contribution in [3.05, 3.63) is 69.7 Å². The number of nitrogens with zero attached hydrogens (tertiary/aromatic N) is 1. The van der Waals surface area contributed by atoms with Crippen molar-refractivity contribution in [2.45, 2.75) is 25.6 Å². The van der Waals surface area contributed by atoms with E-state index < -0.39 is 6.10 Å². The lowest BCUT2D eigenvalue weighted by Gasteiger charge is -2.18. The van der Waals surface area contributed by atoms with Crippen molar-refractivity contribution >= 4 is 21.8 Å². The van der Waals surface area contributed by atoms with Gasteiger partial charge in [-0.1, -0.05) is 58.4 Å². The Hall–Kier alpha value is -1.65. The minimum Gasteiger partial charge on any atom is -0.388 e. The molecule has 2 aromatic rings. The van der Waals surface area contributed by atoms with Gasteiger partial charge in [0.1, 0.15) is 0 Å². The van der Waals surface area contributed by atoms with Gasteiger partial charge in [-0.2, -0.15) is 0 Å². The van der Waals surface area contributed by atoms with E-state index >= 15 is 0 Å². The van der Waals surface area contributed by atoms with E-state index in [-0.39, 0.29) is 12.3 Å². The number of aliphatic hydroxyl groups is 1. The van der Waals surface area contributed by atoms with Crippen LogP contribution in [0.2, 0.25) is 0 Å². The van der Waals surface area contributed by atoms with Crippen molar-refractivity contribution in [2.75, 3.05) is 0 Å². The van der Waals surface area contributed by atoms with E-state index in [1.807, 2.05) is 48.5 Å². The minimum absolute atomic E-state index is 0.0190. The van der Waals surface area contributed by atoms with Gasteiger partial charge in [0.2, 0.25) is 5.91 Å². The van der Waals surface area contributed by atoms with Gasteiger partial charge in [-0.15, -0.1) is 0 Å². The molecule has 1 aliphatic heterocycles. The van der Waals surface area contributed by atoms with E-state index in [1.165, 1.54) is 11.1 Å². The lowest BCUT2D eigenvalue weighted by Crippen LogP contribution is -2.26. The normalized spacial score (nSPS) is 14.9. The molecule has 0 saturated carbocycles. The summed E-state index contributed by atoms with van der Waals surface area (Å²) in [6.07, 6.45) is -0.624. The number of hydrogen-bond acceptors (Lipinski definition) is 2. The maximum atomic E-state index is 12.4. The summed E-state index contributed by atoms with van der Waals surface area (Å²) >= 11 is 3.52. The highest BCUT2D eigenvalue weighted by atomic mass is 79.9. The third-order valence-electron chi connectivity index (χ3n) is 3.83. The number of carbonyl (C=O) groups excluding carboxylic acids is 1. The van der Waals surface area contributed by atoms with E-state index in [9.17, 15) is 9.90 Å². The fourth-order valence-corrected chi connectivity index (χ4v) is 3.18. The molecule has 2 aromatic carbocycles. The number of benzene rings is 2. The highest BCUT2D eigenvalue weighted by Crippen LogP contribution is 2.30. The average Bonchev–Trinajstić information content (AvgIpc) is 2.94. The largest absolute Gasteiger partial charge is 0.388 e. The Bertz CT molecular complexity index is 657. The Morgan fingerprint density at radius 3 is 2.62 bits per heavy atom. The Morgan fingerprint density at radius 1 is 1.14 bits per heavy atom. The van der Waals surface area contributed by atoms with Gasteiger partial charge in [-0.25, -0.2) is 0 Å². The summed E-state index contributed by atoms with van der Waals surface area (Å²) in [5, 5.41) is 10.2. The summed E-state index contributed by atoms with van der Waals surface area (Å²) in [5.41, 5.74) is 3.12. The molecule has 1 N–H and O–H groups in total. The second kappa shape index (κ2) is 6.00. The van der Waals surface area contributed by atoms with Gasteiger partial charge in [0.25, 0.3) is 0 Å². The van der Waals surface area contributed by atoms with Crippen molar-refractivity contribution in [3.8, 4) is 0 Å². The first-order valence-corrected chi connectivity index (χ1v) is 7.71. The number of aliphatic hydroxyl groups excluding tert-OH is 1. The lowest BCUT2D eigenvalue weighted by molar-refractivity contribution is -0.134. The van der Waals surface area contributed by atoms with E-state index in [4.69, 9.17) is 0 Å². The molecule has 0 fully saturated rings. The molecular formula is C17H16BrNO2. The molecular weight excluding hydrogens is 330 g/mol. The molecule has 1 atom stereocenters. The van der Waals surface area contributed by atoms with E-state index in [0.29, 0.717) is 13.1 Å². The number of carbonyl (C=O) groups is 1. The van der Waals surface area contributed by atoms with Crippen molar-refractivity contribution in [1.82, 2.24) is 4.90 Å². The van der Waals surface area contributed by atoms with Crippen molar-refractivity contribution in [2.24, 2.45) is 0 Å². The van der Waals surface area contributed by atoms with Gasteiger partial charge in [-0.3, -0.25) is 4.79 Å². The summed E-state index contributed by atoms with van der Waals surface area (Å²) in [7, 11) is 0. The third kappa shape index (κ3) is 3.01. The molecule has 1 heterocycles. The van der Waals surface area contributed by atoms with Crippen LogP contribution in [0.1, 0.15) is 29.2 Å². The molecule has 108 valence electrons. The van der Waals surface area contributed by atoms with Crippen LogP contribution < -0.4 is 0 Å². The smallest absolute Gasteiger partial charge is 0.226 e. The van der Waals surface area contributed by atoms with Gasteiger partial charge in [0.05, 0.1) is 12.5 Å². The zero-order chi connectivity index (χ0) is 14.8. The highest BCUT2D eigenvalue weighted by Gasteiger charge is 2.26. The van der Waals surface area contributed by atoms with Crippen LogP contribution in [-0.4, -0.2) is 15.9 Å². The van der Waals surface area contributed by atoms with Gasteiger partial charge in [0.15, 0.2) is 0 Å². The highest BCUT2D eigenvalue weighted by molar-refractivity contribution is 9.10. The molecule has 4 heteroatoms. The molecule has 0 radical (unpaired) electrons. The van der Waals surface area contributed by atoms with Crippen LogP contribution in [0.15, 0.2) is 53.0 Å². The third-order valence-corrected chi connectivity index (χ3v) is 4.57. The molecule has 0 bridgehead atoms. The Kier molecular flexibility index (Phi) is 4.08. The van der Waals surface area contributed by atoms with Crippen LogP contribution in [0, 0.1) is 0 Å². The minimum atomic E-state index is -0.745. The molecule has 1 aliphatic rings. The second-order valence-corrected chi connectivity index (χ2v) is 6.11. The molecule has 3 rings (SSSR count). The molecule has 0 aromatic heterocycles. The first-order valence-electron chi connectivity index (χ1n) is 6.92.